The molecule has 3 N–H and O–H groups in total. The predicted molar refractivity (Wildman–Crippen MR) is 29.5 cm³/mol. The molecule has 0 bridgehead atoms. The van der Waals surface area contributed by atoms with E-state index in [9.17, 15) is 0 Å². The van der Waals surface area contributed by atoms with Gasteiger partial charge in [-0.2, -0.15) is 0 Å². The summed E-state index contributed by atoms with van der Waals surface area (Å²) in [5, 5.41) is 20.3. The van der Waals surface area contributed by atoms with Crippen molar-refractivity contribution in [3.8, 4) is 0 Å². The molecule has 48 valence electrons. The molecule has 0 radical (unpaired) electrons. The van der Waals surface area contributed by atoms with Crippen molar-refractivity contribution in [2.24, 2.45) is 0 Å². The highest BCUT2D eigenvalue weighted by Crippen LogP contribution is 2.03. The minimum absolute atomic E-state index is 0.130. The molecule has 0 aromatic rings. The third-order valence-corrected chi connectivity index (χ3v) is 1.42. The van der Waals surface area contributed by atoms with E-state index < -0.39 is 0 Å². The molecule has 0 saturated carbocycles. The highest BCUT2D eigenvalue weighted by molar-refractivity contribution is 4.79. The van der Waals surface area contributed by atoms with Gasteiger partial charge in [0.15, 0.2) is 0 Å². The maximum absolute atomic E-state index is 8.86. The minimum atomic E-state index is -0.243. The second kappa shape index (κ2) is 2.44. The van der Waals surface area contributed by atoms with E-state index in [1.165, 1.54) is 0 Å². The molecule has 1 rings (SSSR count). The summed E-state index contributed by atoms with van der Waals surface area (Å²) in [6.07, 6.45) is 0.448. The largest absolute Gasteiger partial charge is 0.395 e. The molecule has 3 nitrogen and oxygen atoms in total. The second-order valence-electron chi connectivity index (χ2n) is 2.18. The standard InChI is InChI=1S/C5H11NO2/c7-3-4-1-5(8)2-6-4/h4-8H,1-3H2. The van der Waals surface area contributed by atoms with E-state index in [0.717, 1.165) is 0 Å². The van der Waals surface area contributed by atoms with Gasteiger partial charge in [-0.1, -0.05) is 0 Å². The van der Waals surface area contributed by atoms with Crippen LogP contribution in [0.1, 0.15) is 6.42 Å². The Morgan fingerprint density at radius 3 is 2.62 bits per heavy atom. The third-order valence-electron chi connectivity index (χ3n) is 1.42. The maximum Gasteiger partial charge on any atom is 0.0680 e. The van der Waals surface area contributed by atoms with Gasteiger partial charge in [-0.25, -0.2) is 0 Å². The van der Waals surface area contributed by atoms with Crippen molar-refractivity contribution in [2.75, 3.05) is 13.2 Å². The van der Waals surface area contributed by atoms with Gasteiger partial charge >= 0.3 is 0 Å². The van der Waals surface area contributed by atoms with Crippen molar-refractivity contribution in [3.63, 3.8) is 0 Å². The van der Waals surface area contributed by atoms with Gasteiger partial charge in [0.2, 0.25) is 0 Å². The average Bonchev–Trinajstić information content (AvgIpc) is 2.14. The van der Waals surface area contributed by atoms with Crippen molar-refractivity contribution in [1.82, 2.24) is 5.32 Å². The zero-order valence-electron chi connectivity index (χ0n) is 4.67. The van der Waals surface area contributed by atoms with Crippen LogP contribution in [0.5, 0.6) is 0 Å². The van der Waals surface area contributed by atoms with Crippen LogP contribution in [0.3, 0.4) is 0 Å². The van der Waals surface area contributed by atoms with Crippen LogP contribution < -0.4 is 5.32 Å². The lowest BCUT2D eigenvalue weighted by Crippen LogP contribution is -2.24. The fourth-order valence-electron chi connectivity index (χ4n) is 0.937. The van der Waals surface area contributed by atoms with Crippen LogP contribution in [-0.2, 0) is 0 Å². The molecule has 2 unspecified atom stereocenters. The minimum Gasteiger partial charge on any atom is -0.395 e. The van der Waals surface area contributed by atoms with Crippen LogP contribution in [0.2, 0.25) is 0 Å². The molecule has 0 aromatic carbocycles. The first-order valence-corrected chi connectivity index (χ1v) is 2.85. The number of hydrogen-bond acceptors (Lipinski definition) is 3. The van der Waals surface area contributed by atoms with Crippen LogP contribution in [0, 0.1) is 0 Å². The number of aliphatic hydroxyl groups is 2. The highest BCUT2D eigenvalue weighted by Gasteiger charge is 2.20. The SMILES string of the molecule is OCC1CC(O)CN1. The van der Waals surface area contributed by atoms with Crippen LogP contribution in [0.15, 0.2) is 0 Å². The molecular weight excluding hydrogens is 106 g/mol. The summed E-state index contributed by atoms with van der Waals surface area (Å²) in [6, 6.07) is 0.130. The Balaban J connectivity index is 2.22. The van der Waals surface area contributed by atoms with Crippen molar-refractivity contribution >= 4 is 0 Å². The smallest absolute Gasteiger partial charge is 0.0680 e. The van der Waals surface area contributed by atoms with Gasteiger partial charge in [0, 0.05) is 12.6 Å². The molecule has 0 aromatic heterocycles. The van der Waals surface area contributed by atoms with Crippen molar-refractivity contribution in [3.05, 3.63) is 0 Å². The summed E-state index contributed by atoms with van der Waals surface area (Å²) < 4.78 is 0. The van der Waals surface area contributed by atoms with Gasteiger partial charge in [0.1, 0.15) is 0 Å². The van der Waals surface area contributed by atoms with Gasteiger partial charge in [0.05, 0.1) is 12.7 Å². The Morgan fingerprint density at radius 1 is 1.62 bits per heavy atom. The van der Waals surface area contributed by atoms with E-state index in [0.29, 0.717) is 13.0 Å². The fourth-order valence-corrected chi connectivity index (χ4v) is 0.937. The maximum atomic E-state index is 8.86. The van der Waals surface area contributed by atoms with Crippen LogP contribution in [0.25, 0.3) is 0 Å². The predicted octanol–water partition coefficient (Wildman–Crippen LogP) is -1.30. The van der Waals surface area contributed by atoms with Crippen molar-refractivity contribution < 1.29 is 10.2 Å². The molecule has 0 aliphatic carbocycles. The monoisotopic (exact) mass is 117 g/mol. The highest BCUT2D eigenvalue weighted by atomic mass is 16.3. The molecular formula is C5H11NO2. The van der Waals surface area contributed by atoms with E-state index >= 15 is 0 Å². The number of nitrogens with one attached hydrogen (secondary N) is 1. The van der Waals surface area contributed by atoms with Crippen molar-refractivity contribution in [2.45, 2.75) is 18.6 Å². The van der Waals surface area contributed by atoms with E-state index in [1.807, 2.05) is 0 Å². The van der Waals surface area contributed by atoms with Crippen LogP contribution in [-0.4, -0.2) is 35.5 Å². The molecule has 1 aliphatic rings. The fraction of sp³-hybridized carbons (Fsp3) is 1.00. The first-order valence-electron chi connectivity index (χ1n) is 2.85. The van der Waals surface area contributed by atoms with Gasteiger partial charge in [-0.05, 0) is 6.42 Å². The Kier molecular flexibility index (Phi) is 1.83. The quantitative estimate of drug-likeness (QED) is 0.400. The summed E-state index contributed by atoms with van der Waals surface area (Å²) in [6.45, 7) is 0.766. The zero-order chi connectivity index (χ0) is 5.98. The molecule has 0 spiro atoms. The molecule has 1 heterocycles. The second-order valence-corrected chi connectivity index (χ2v) is 2.18. The first-order chi connectivity index (χ1) is 3.83. The number of rotatable bonds is 1. The molecule has 2 atom stereocenters. The summed E-state index contributed by atoms with van der Waals surface area (Å²) in [5.41, 5.74) is 0. The van der Waals surface area contributed by atoms with Gasteiger partial charge in [-0.3, -0.25) is 0 Å². The molecule has 1 fully saturated rings. The topological polar surface area (TPSA) is 52.5 Å². The summed E-state index contributed by atoms with van der Waals surface area (Å²) in [5.74, 6) is 0. The Labute approximate surface area is 48.3 Å². The average molecular weight is 117 g/mol. The lowest BCUT2D eigenvalue weighted by molar-refractivity contribution is 0.184. The van der Waals surface area contributed by atoms with E-state index in [-0.39, 0.29) is 18.8 Å². The van der Waals surface area contributed by atoms with E-state index in [4.69, 9.17) is 10.2 Å². The molecule has 8 heavy (non-hydrogen) atoms. The molecule has 1 aliphatic heterocycles. The summed E-state index contributed by atoms with van der Waals surface area (Å²) >= 11 is 0. The Hall–Kier alpha value is -0.120. The molecule has 3 heteroatoms. The normalized spacial score (nSPS) is 38.2. The van der Waals surface area contributed by atoms with Gasteiger partial charge in [0.25, 0.3) is 0 Å². The summed E-state index contributed by atoms with van der Waals surface area (Å²) in [7, 11) is 0. The lowest BCUT2D eigenvalue weighted by Gasteiger charge is -2.01. The third kappa shape index (κ3) is 1.18. The Bertz CT molecular complexity index is 76.8. The lowest BCUT2D eigenvalue weighted by atomic mass is 10.2. The van der Waals surface area contributed by atoms with Gasteiger partial charge < -0.3 is 15.5 Å². The van der Waals surface area contributed by atoms with Gasteiger partial charge in [-0.15, -0.1) is 0 Å². The number of aliphatic hydroxyl groups excluding tert-OH is 2. The Morgan fingerprint density at radius 2 is 2.38 bits per heavy atom. The molecule has 0 amide bonds. The zero-order valence-corrected chi connectivity index (χ0v) is 4.67. The first kappa shape index (κ1) is 6.01. The van der Waals surface area contributed by atoms with E-state index in [2.05, 4.69) is 5.32 Å². The summed E-state index contributed by atoms with van der Waals surface area (Å²) in [4.78, 5) is 0. The molecule has 1 saturated heterocycles. The van der Waals surface area contributed by atoms with E-state index in [1.54, 1.807) is 0 Å². The number of β-amino-alcohol motifs (C(OH)–C–C–N with tert-alkyl or cyclic N) is 1. The van der Waals surface area contributed by atoms with Crippen LogP contribution >= 0.6 is 0 Å². The van der Waals surface area contributed by atoms with Crippen molar-refractivity contribution in [1.29, 1.82) is 0 Å². The van der Waals surface area contributed by atoms with Crippen LogP contribution in [0.4, 0.5) is 0 Å². The number of hydrogen-bond donors (Lipinski definition) is 3.